The summed E-state index contributed by atoms with van der Waals surface area (Å²) in [6.07, 6.45) is 9.04. The Morgan fingerprint density at radius 3 is 3.04 bits per heavy atom. The molecule has 0 bridgehead atoms. The zero-order valence-corrected chi connectivity index (χ0v) is 15.8. The lowest BCUT2D eigenvalue weighted by atomic mass is 9.97. The number of anilines is 1. The molecule has 138 valence electrons. The van der Waals surface area contributed by atoms with Crippen LogP contribution in [-0.2, 0) is 11.3 Å². The van der Waals surface area contributed by atoms with Gasteiger partial charge in [-0.2, -0.15) is 0 Å². The molecule has 1 amide bonds. The number of H-pyrrole nitrogens is 1. The zero-order valence-electron chi connectivity index (χ0n) is 14.9. The van der Waals surface area contributed by atoms with Crippen molar-refractivity contribution in [1.82, 2.24) is 19.2 Å². The number of aromatic amines is 1. The molecule has 2 aliphatic rings. The van der Waals surface area contributed by atoms with Gasteiger partial charge < -0.3 is 10.3 Å². The van der Waals surface area contributed by atoms with Crippen molar-refractivity contribution >= 4 is 39.9 Å². The van der Waals surface area contributed by atoms with Crippen LogP contribution in [-0.4, -0.2) is 38.2 Å². The normalized spacial score (nSPS) is 17.9. The highest BCUT2D eigenvalue weighted by atomic mass is 32.1. The van der Waals surface area contributed by atoms with E-state index in [0.717, 1.165) is 49.9 Å². The molecule has 7 heteroatoms. The lowest BCUT2D eigenvalue weighted by molar-refractivity contribution is -0.117. The molecular formula is C20H21N5OS. The van der Waals surface area contributed by atoms with E-state index in [-0.39, 0.29) is 11.8 Å². The first-order valence-electron chi connectivity index (χ1n) is 9.36. The Hall–Kier alpha value is -2.51. The number of aromatic nitrogens is 3. The van der Waals surface area contributed by atoms with Crippen LogP contribution in [0, 0.1) is 5.92 Å². The third kappa shape index (κ3) is 3.52. The SMILES string of the molecule is O=C(Nc1cc(C2=CCN(Cc3ccns3)CC2)c2cc[nH]c2n1)C1CC1. The fraction of sp³-hybridized carbons (Fsp3) is 0.350. The van der Waals surface area contributed by atoms with E-state index in [9.17, 15) is 4.79 Å². The van der Waals surface area contributed by atoms with Crippen LogP contribution in [0.2, 0.25) is 0 Å². The van der Waals surface area contributed by atoms with Crippen molar-refractivity contribution in [2.45, 2.75) is 25.8 Å². The maximum absolute atomic E-state index is 12.1. The van der Waals surface area contributed by atoms with Crippen LogP contribution < -0.4 is 5.32 Å². The van der Waals surface area contributed by atoms with Crippen molar-refractivity contribution < 1.29 is 4.79 Å². The number of carbonyl (C=O) groups excluding carboxylic acids is 1. The van der Waals surface area contributed by atoms with Crippen LogP contribution in [0.5, 0.6) is 0 Å². The van der Waals surface area contributed by atoms with E-state index in [4.69, 9.17) is 0 Å². The van der Waals surface area contributed by atoms with Gasteiger partial charge in [0.1, 0.15) is 11.5 Å². The number of nitrogens with one attached hydrogen (secondary N) is 2. The summed E-state index contributed by atoms with van der Waals surface area (Å²) < 4.78 is 4.18. The predicted octanol–water partition coefficient (Wildman–Crippen LogP) is 3.66. The maximum atomic E-state index is 12.1. The monoisotopic (exact) mass is 379 g/mol. The lowest BCUT2D eigenvalue weighted by Gasteiger charge is -2.26. The van der Waals surface area contributed by atoms with E-state index in [1.54, 1.807) is 11.5 Å². The van der Waals surface area contributed by atoms with Crippen molar-refractivity contribution in [3.8, 4) is 0 Å². The smallest absolute Gasteiger partial charge is 0.228 e. The van der Waals surface area contributed by atoms with Crippen LogP contribution in [0.4, 0.5) is 5.82 Å². The quantitative estimate of drug-likeness (QED) is 0.710. The van der Waals surface area contributed by atoms with Crippen LogP contribution in [0.15, 0.2) is 36.7 Å². The third-order valence-electron chi connectivity index (χ3n) is 5.24. The molecule has 0 radical (unpaired) electrons. The standard InChI is InChI=1S/C20H21N5OS/c26-20(14-1-2-14)24-18-11-17(16-4-7-21-19(16)23-18)13-5-9-25(10-6-13)12-15-3-8-22-27-15/h3-5,7-8,11,14H,1-2,6,9-10,12H2,(H2,21,23,24,26). The molecule has 0 spiro atoms. The van der Waals surface area contributed by atoms with Gasteiger partial charge in [-0.3, -0.25) is 9.69 Å². The first kappa shape index (κ1) is 16.6. The molecule has 4 heterocycles. The van der Waals surface area contributed by atoms with Gasteiger partial charge in [0, 0.05) is 48.2 Å². The van der Waals surface area contributed by atoms with Gasteiger partial charge in [-0.25, -0.2) is 9.36 Å². The Bertz CT molecular complexity index is 1000. The largest absolute Gasteiger partial charge is 0.346 e. The number of amides is 1. The fourth-order valence-electron chi connectivity index (χ4n) is 3.58. The topological polar surface area (TPSA) is 73.9 Å². The number of hydrogen-bond acceptors (Lipinski definition) is 5. The summed E-state index contributed by atoms with van der Waals surface area (Å²) >= 11 is 1.57. The molecule has 2 N–H and O–H groups in total. The fourth-order valence-corrected chi connectivity index (χ4v) is 4.20. The second kappa shape index (κ2) is 6.90. The molecule has 1 fully saturated rings. The van der Waals surface area contributed by atoms with Gasteiger partial charge >= 0.3 is 0 Å². The van der Waals surface area contributed by atoms with Crippen molar-refractivity contribution in [1.29, 1.82) is 0 Å². The number of pyridine rings is 1. The van der Waals surface area contributed by atoms with Crippen molar-refractivity contribution in [3.05, 3.63) is 47.1 Å². The van der Waals surface area contributed by atoms with Gasteiger partial charge in [0.2, 0.25) is 5.91 Å². The van der Waals surface area contributed by atoms with Gasteiger partial charge in [-0.1, -0.05) is 6.08 Å². The Balaban J connectivity index is 1.39. The first-order valence-corrected chi connectivity index (χ1v) is 10.1. The van der Waals surface area contributed by atoms with Gasteiger partial charge in [-0.15, -0.1) is 0 Å². The van der Waals surface area contributed by atoms with Crippen molar-refractivity contribution in [2.24, 2.45) is 5.92 Å². The van der Waals surface area contributed by atoms with Gasteiger partial charge in [0.25, 0.3) is 0 Å². The van der Waals surface area contributed by atoms with Crippen LogP contribution in [0.3, 0.4) is 0 Å². The van der Waals surface area contributed by atoms with E-state index in [1.165, 1.54) is 16.0 Å². The summed E-state index contributed by atoms with van der Waals surface area (Å²) in [4.78, 5) is 23.6. The molecule has 1 aliphatic heterocycles. The summed E-state index contributed by atoms with van der Waals surface area (Å²) in [6.45, 7) is 2.89. The van der Waals surface area contributed by atoms with E-state index in [1.807, 2.05) is 18.5 Å². The minimum absolute atomic E-state index is 0.0905. The Kier molecular flexibility index (Phi) is 4.26. The summed E-state index contributed by atoms with van der Waals surface area (Å²) in [5, 5.41) is 4.10. The molecule has 3 aromatic heterocycles. The van der Waals surface area contributed by atoms with Gasteiger partial charge in [0.05, 0.1) is 0 Å². The maximum Gasteiger partial charge on any atom is 0.228 e. The molecule has 3 aromatic rings. The molecule has 27 heavy (non-hydrogen) atoms. The minimum atomic E-state index is 0.0905. The van der Waals surface area contributed by atoms with Gasteiger partial charge in [-0.05, 0) is 60.1 Å². The van der Waals surface area contributed by atoms with Gasteiger partial charge in [0.15, 0.2) is 0 Å². The van der Waals surface area contributed by atoms with E-state index in [2.05, 4.69) is 42.8 Å². The van der Waals surface area contributed by atoms with E-state index in [0.29, 0.717) is 5.82 Å². The average molecular weight is 379 g/mol. The molecule has 5 rings (SSSR count). The first-order chi connectivity index (χ1) is 13.3. The molecule has 0 atom stereocenters. The highest BCUT2D eigenvalue weighted by Gasteiger charge is 2.30. The van der Waals surface area contributed by atoms with Crippen LogP contribution >= 0.6 is 11.5 Å². The summed E-state index contributed by atoms with van der Waals surface area (Å²) in [5.74, 6) is 0.904. The predicted molar refractivity (Wildman–Crippen MR) is 107 cm³/mol. The number of carbonyl (C=O) groups is 1. The lowest BCUT2D eigenvalue weighted by Crippen LogP contribution is -2.27. The molecule has 0 aromatic carbocycles. The minimum Gasteiger partial charge on any atom is -0.346 e. The van der Waals surface area contributed by atoms with Crippen LogP contribution in [0.25, 0.3) is 16.6 Å². The number of nitrogens with zero attached hydrogens (tertiary/aromatic N) is 3. The third-order valence-corrected chi connectivity index (χ3v) is 5.96. The molecular weight excluding hydrogens is 358 g/mol. The average Bonchev–Trinajstić information content (AvgIpc) is 3.21. The van der Waals surface area contributed by atoms with E-state index >= 15 is 0 Å². The highest BCUT2D eigenvalue weighted by Crippen LogP contribution is 2.33. The van der Waals surface area contributed by atoms with E-state index < -0.39 is 0 Å². The number of hydrogen-bond donors (Lipinski definition) is 2. The summed E-state index contributed by atoms with van der Waals surface area (Å²) in [5.41, 5.74) is 3.32. The Labute approximate surface area is 161 Å². The second-order valence-electron chi connectivity index (χ2n) is 7.25. The summed E-state index contributed by atoms with van der Waals surface area (Å²) in [6, 6.07) is 6.18. The molecule has 1 aliphatic carbocycles. The molecule has 1 saturated carbocycles. The number of fused-ring (bicyclic) bond motifs is 1. The Morgan fingerprint density at radius 2 is 2.30 bits per heavy atom. The molecule has 0 saturated heterocycles. The van der Waals surface area contributed by atoms with Crippen molar-refractivity contribution in [2.75, 3.05) is 18.4 Å². The summed E-state index contributed by atoms with van der Waals surface area (Å²) in [7, 11) is 0. The number of rotatable bonds is 5. The Morgan fingerprint density at radius 1 is 1.37 bits per heavy atom. The van der Waals surface area contributed by atoms with Crippen molar-refractivity contribution in [3.63, 3.8) is 0 Å². The molecule has 6 nitrogen and oxygen atoms in total. The molecule has 0 unspecified atom stereocenters. The van der Waals surface area contributed by atoms with Crippen LogP contribution in [0.1, 0.15) is 29.7 Å². The highest BCUT2D eigenvalue weighted by molar-refractivity contribution is 7.05. The second-order valence-corrected chi connectivity index (χ2v) is 8.17. The zero-order chi connectivity index (χ0) is 18.2.